The maximum atomic E-state index is 13.8. The summed E-state index contributed by atoms with van der Waals surface area (Å²) in [6, 6.07) is 22.4. The standard InChI is InChI=1S/C41H53N5O7/c1-29(2)27-34-40(50)42-23-13-3-4-14-25-53-36-20-12-11-19-32(36)38(48)45-33(39(49)43-24-26-52-31-17-9-6-10-18-31)21-22-37(47)44-35(41(51)46-34)28-30-15-7-5-8-16-30/h5-12,15-20,29,33-35H,3-4,13-14,21-28H2,1-2H3,(H,42,50)(H,43,49)(H,44,47)(H,45,48)(H,46,51)/t33-,34-,35-/m0/s1. The van der Waals surface area contributed by atoms with Gasteiger partial charge in [0, 0.05) is 19.4 Å². The Morgan fingerprint density at radius 3 is 2.26 bits per heavy atom. The number of hydrogen-bond donors (Lipinski definition) is 5. The van der Waals surface area contributed by atoms with Gasteiger partial charge in [-0.2, -0.15) is 0 Å². The van der Waals surface area contributed by atoms with Crippen LogP contribution in [-0.2, 0) is 25.6 Å². The maximum absolute atomic E-state index is 13.8. The molecule has 0 fully saturated rings. The molecule has 3 aromatic rings. The largest absolute Gasteiger partial charge is 0.493 e. The first kappa shape index (κ1) is 40.4. The van der Waals surface area contributed by atoms with Crippen LogP contribution in [0.5, 0.6) is 11.5 Å². The van der Waals surface area contributed by atoms with Crippen molar-refractivity contribution in [2.24, 2.45) is 5.92 Å². The molecule has 0 saturated carbocycles. The summed E-state index contributed by atoms with van der Waals surface area (Å²) in [5.74, 6) is -1.08. The Morgan fingerprint density at radius 2 is 1.51 bits per heavy atom. The molecule has 1 heterocycles. The molecule has 1 aliphatic rings. The van der Waals surface area contributed by atoms with Crippen LogP contribution in [0.3, 0.4) is 0 Å². The Hall–Kier alpha value is -5.39. The number of ether oxygens (including phenoxy) is 2. The van der Waals surface area contributed by atoms with Crippen LogP contribution in [0, 0.1) is 5.92 Å². The van der Waals surface area contributed by atoms with Crippen molar-refractivity contribution in [1.29, 1.82) is 0 Å². The molecule has 3 aromatic carbocycles. The van der Waals surface area contributed by atoms with Gasteiger partial charge >= 0.3 is 0 Å². The van der Waals surface area contributed by atoms with Gasteiger partial charge < -0.3 is 36.1 Å². The van der Waals surface area contributed by atoms with E-state index >= 15 is 0 Å². The Balaban J connectivity index is 1.54. The predicted molar refractivity (Wildman–Crippen MR) is 202 cm³/mol. The maximum Gasteiger partial charge on any atom is 0.255 e. The molecule has 12 nitrogen and oxygen atoms in total. The Kier molecular flexibility index (Phi) is 16.7. The molecule has 0 radical (unpaired) electrons. The van der Waals surface area contributed by atoms with Crippen LogP contribution < -0.4 is 36.1 Å². The number of nitrogens with one attached hydrogen (secondary N) is 5. The van der Waals surface area contributed by atoms with E-state index in [0.29, 0.717) is 31.1 Å². The lowest BCUT2D eigenvalue weighted by molar-refractivity contribution is -0.132. The smallest absolute Gasteiger partial charge is 0.255 e. The van der Waals surface area contributed by atoms with Crippen LogP contribution in [0.4, 0.5) is 0 Å². The first-order valence-corrected chi connectivity index (χ1v) is 18.6. The van der Waals surface area contributed by atoms with Gasteiger partial charge in [0.1, 0.15) is 36.2 Å². The van der Waals surface area contributed by atoms with Crippen LogP contribution in [0.15, 0.2) is 84.9 Å². The second-order valence-electron chi connectivity index (χ2n) is 13.6. The van der Waals surface area contributed by atoms with Crippen LogP contribution >= 0.6 is 0 Å². The predicted octanol–water partition coefficient (Wildman–Crippen LogP) is 4.09. The minimum atomic E-state index is -1.09. The number of rotatable bonds is 9. The Bertz CT molecular complexity index is 1620. The van der Waals surface area contributed by atoms with Crippen LogP contribution in [0.1, 0.15) is 74.7 Å². The molecule has 0 bridgehead atoms. The number of amides is 5. The van der Waals surface area contributed by atoms with E-state index in [0.717, 1.165) is 31.2 Å². The van der Waals surface area contributed by atoms with Gasteiger partial charge in [-0.15, -0.1) is 0 Å². The molecular formula is C41H53N5O7. The highest BCUT2D eigenvalue weighted by atomic mass is 16.5. The molecular weight excluding hydrogens is 674 g/mol. The summed E-state index contributed by atoms with van der Waals surface area (Å²) < 4.78 is 11.7. The zero-order valence-electron chi connectivity index (χ0n) is 30.7. The third kappa shape index (κ3) is 14.3. The van der Waals surface area contributed by atoms with Crippen LogP contribution in [0.25, 0.3) is 0 Å². The van der Waals surface area contributed by atoms with E-state index in [-0.39, 0.29) is 49.8 Å². The molecule has 0 aromatic heterocycles. The summed E-state index contributed by atoms with van der Waals surface area (Å²) in [7, 11) is 0. The van der Waals surface area contributed by atoms with E-state index in [9.17, 15) is 24.0 Å². The third-order valence-electron chi connectivity index (χ3n) is 8.73. The number of carbonyl (C=O) groups is 5. The average molecular weight is 728 g/mol. The van der Waals surface area contributed by atoms with Gasteiger partial charge in [0.15, 0.2) is 0 Å². The number of carbonyl (C=O) groups excluding carboxylic acids is 5. The van der Waals surface area contributed by atoms with Gasteiger partial charge in [-0.1, -0.05) is 87.4 Å². The first-order chi connectivity index (χ1) is 25.7. The van der Waals surface area contributed by atoms with Crippen molar-refractivity contribution in [2.45, 2.75) is 83.3 Å². The van der Waals surface area contributed by atoms with E-state index < -0.39 is 41.8 Å². The van der Waals surface area contributed by atoms with E-state index in [1.165, 1.54) is 0 Å². The van der Waals surface area contributed by atoms with Crippen molar-refractivity contribution in [1.82, 2.24) is 26.6 Å². The highest BCUT2D eigenvalue weighted by Crippen LogP contribution is 2.19. The van der Waals surface area contributed by atoms with E-state index in [4.69, 9.17) is 9.47 Å². The summed E-state index contributed by atoms with van der Waals surface area (Å²) in [6.07, 6.45) is 3.59. The number of benzene rings is 3. The van der Waals surface area contributed by atoms with E-state index in [1.807, 2.05) is 74.5 Å². The lowest BCUT2D eigenvalue weighted by atomic mass is 10.0. The lowest BCUT2D eigenvalue weighted by Gasteiger charge is -2.25. The fourth-order valence-electron chi connectivity index (χ4n) is 5.94. The molecule has 12 heteroatoms. The summed E-state index contributed by atoms with van der Waals surface area (Å²) in [6.45, 7) is 5.16. The van der Waals surface area contributed by atoms with Crippen molar-refractivity contribution in [3.05, 3.63) is 96.1 Å². The molecule has 1 aliphatic heterocycles. The molecule has 4 rings (SSSR count). The SMILES string of the molecule is CC(C)C[C@@H]1NC(=O)[C@H](Cc2ccccc2)NC(=O)CC[C@@H](C(=O)NCCOc2ccccc2)NC(=O)c2ccccc2OCCCCCCNC1=O. The van der Waals surface area contributed by atoms with Crippen molar-refractivity contribution in [2.75, 3.05) is 26.3 Å². The van der Waals surface area contributed by atoms with Gasteiger partial charge in [0.25, 0.3) is 5.91 Å². The second kappa shape index (κ2) is 21.9. The molecule has 5 amide bonds. The minimum absolute atomic E-state index is 0.0516. The Morgan fingerprint density at radius 1 is 0.811 bits per heavy atom. The molecule has 0 spiro atoms. The number of fused-ring (bicyclic) bond motifs is 1. The Labute approximate surface area is 312 Å². The molecule has 5 N–H and O–H groups in total. The van der Waals surface area contributed by atoms with Gasteiger partial charge in [0.2, 0.25) is 23.6 Å². The highest BCUT2D eigenvalue weighted by molar-refractivity contribution is 6.00. The molecule has 0 unspecified atom stereocenters. The van der Waals surface area contributed by atoms with Crippen molar-refractivity contribution >= 4 is 29.5 Å². The molecule has 3 atom stereocenters. The number of hydrogen-bond acceptors (Lipinski definition) is 7. The van der Waals surface area contributed by atoms with Crippen LogP contribution in [-0.4, -0.2) is 74.0 Å². The van der Waals surface area contributed by atoms with Crippen molar-refractivity contribution in [3.63, 3.8) is 0 Å². The van der Waals surface area contributed by atoms with Crippen molar-refractivity contribution < 1.29 is 33.4 Å². The zero-order valence-corrected chi connectivity index (χ0v) is 30.7. The molecule has 0 aliphatic carbocycles. The summed E-state index contributed by atoms with van der Waals surface area (Å²) >= 11 is 0. The van der Waals surface area contributed by atoms with Gasteiger partial charge in [-0.3, -0.25) is 24.0 Å². The van der Waals surface area contributed by atoms with Crippen molar-refractivity contribution in [3.8, 4) is 11.5 Å². The quantitative estimate of drug-likeness (QED) is 0.207. The minimum Gasteiger partial charge on any atom is -0.493 e. The zero-order chi connectivity index (χ0) is 37.8. The van der Waals surface area contributed by atoms with E-state index in [1.54, 1.807) is 24.3 Å². The van der Waals surface area contributed by atoms with Gasteiger partial charge in [-0.05, 0) is 61.4 Å². The fourth-order valence-corrected chi connectivity index (χ4v) is 5.94. The normalized spacial score (nSPS) is 19.8. The molecule has 0 saturated heterocycles. The lowest BCUT2D eigenvalue weighted by Crippen LogP contribution is -2.55. The third-order valence-corrected chi connectivity index (χ3v) is 8.73. The first-order valence-electron chi connectivity index (χ1n) is 18.6. The average Bonchev–Trinajstić information content (AvgIpc) is 3.15. The monoisotopic (exact) mass is 727 g/mol. The van der Waals surface area contributed by atoms with Gasteiger partial charge in [-0.25, -0.2) is 0 Å². The van der Waals surface area contributed by atoms with Crippen LogP contribution in [0.2, 0.25) is 0 Å². The topological polar surface area (TPSA) is 164 Å². The molecule has 53 heavy (non-hydrogen) atoms. The van der Waals surface area contributed by atoms with E-state index in [2.05, 4.69) is 26.6 Å². The highest BCUT2D eigenvalue weighted by Gasteiger charge is 2.29. The summed E-state index contributed by atoms with van der Waals surface area (Å²) in [4.78, 5) is 67.7. The fraction of sp³-hybridized carbons (Fsp3) is 0.439. The molecule has 284 valence electrons. The van der Waals surface area contributed by atoms with Gasteiger partial charge in [0.05, 0.1) is 18.7 Å². The number of para-hydroxylation sites is 2. The summed E-state index contributed by atoms with van der Waals surface area (Å²) in [5.41, 5.74) is 1.09. The summed E-state index contributed by atoms with van der Waals surface area (Å²) in [5, 5.41) is 14.3. The second-order valence-corrected chi connectivity index (χ2v) is 13.6.